The quantitative estimate of drug-likeness (QED) is 0.667. The van der Waals surface area contributed by atoms with E-state index in [1.807, 2.05) is 6.92 Å². The molecule has 0 spiro atoms. The fourth-order valence-corrected chi connectivity index (χ4v) is 2.26. The zero-order chi connectivity index (χ0) is 12.3. The number of para-hydroxylation sites is 1. The van der Waals surface area contributed by atoms with Crippen molar-refractivity contribution in [3.63, 3.8) is 0 Å². The average Bonchev–Trinajstić information content (AvgIpc) is 2.77. The van der Waals surface area contributed by atoms with E-state index in [0.717, 1.165) is 12.1 Å². The Balaban J connectivity index is 2.26. The van der Waals surface area contributed by atoms with Crippen LogP contribution < -0.4 is 0 Å². The molecule has 0 atom stereocenters. The van der Waals surface area contributed by atoms with Crippen molar-refractivity contribution in [2.24, 2.45) is 0 Å². The van der Waals surface area contributed by atoms with Gasteiger partial charge < -0.3 is 4.98 Å². The minimum atomic E-state index is -0.383. The van der Waals surface area contributed by atoms with Crippen LogP contribution in [0.15, 0.2) is 40.5 Å². The van der Waals surface area contributed by atoms with E-state index in [1.165, 1.54) is 17.8 Å². The summed E-state index contributed by atoms with van der Waals surface area (Å²) in [5.74, 6) is 0. The van der Waals surface area contributed by atoms with Gasteiger partial charge in [-0.2, -0.15) is 0 Å². The Hall–Kier alpha value is -1.82. The average molecular weight is 249 g/mol. The normalized spacial score (nSPS) is 10.4. The Labute approximate surface area is 102 Å². The SMILES string of the molecule is CCc1cnc(Sc2ccccc2[N+](=O)[O-])[nH]1. The Kier molecular flexibility index (Phi) is 3.43. The molecule has 0 fully saturated rings. The second-order valence-electron chi connectivity index (χ2n) is 3.39. The van der Waals surface area contributed by atoms with E-state index in [-0.39, 0.29) is 10.6 Å². The maximum Gasteiger partial charge on any atom is 0.283 e. The fourth-order valence-electron chi connectivity index (χ4n) is 1.37. The number of nitrogens with one attached hydrogen (secondary N) is 1. The van der Waals surface area contributed by atoms with Gasteiger partial charge in [0.1, 0.15) is 0 Å². The van der Waals surface area contributed by atoms with Gasteiger partial charge in [-0.25, -0.2) is 4.98 Å². The number of nitrogens with zero attached hydrogens (tertiary/aromatic N) is 2. The van der Waals surface area contributed by atoms with Gasteiger partial charge in [0, 0.05) is 18.0 Å². The van der Waals surface area contributed by atoms with Gasteiger partial charge in [0.05, 0.1) is 9.82 Å². The molecule has 1 aromatic heterocycles. The summed E-state index contributed by atoms with van der Waals surface area (Å²) in [6, 6.07) is 6.64. The first-order valence-corrected chi connectivity index (χ1v) is 5.97. The smallest absolute Gasteiger partial charge is 0.283 e. The van der Waals surface area contributed by atoms with Crippen LogP contribution in [0, 0.1) is 10.1 Å². The Morgan fingerprint density at radius 3 is 2.88 bits per heavy atom. The molecule has 5 nitrogen and oxygen atoms in total. The summed E-state index contributed by atoms with van der Waals surface area (Å²) in [6.45, 7) is 2.02. The summed E-state index contributed by atoms with van der Waals surface area (Å²) in [5.41, 5.74) is 1.12. The summed E-state index contributed by atoms with van der Waals surface area (Å²) in [4.78, 5) is 18.3. The van der Waals surface area contributed by atoms with Gasteiger partial charge in [0.25, 0.3) is 5.69 Å². The molecule has 1 N–H and O–H groups in total. The van der Waals surface area contributed by atoms with Gasteiger partial charge >= 0.3 is 0 Å². The van der Waals surface area contributed by atoms with Gasteiger partial charge in [0.2, 0.25) is 0 Å². The van der Waals surface area contributed by atoms with Gasteiger partial charge in [-0.3, -0.25) is 10.1 Å². The van der Waals surface area contributed by atoms with E-state index in [1.54, 1.807) is 24.4 Å². The number of hydrogen-bond donors (Lipinski definition) is 1. The zero-order valence-corrected chi connectivity index (χ0v) is 10.0. The van der Waals surface area contributed by atoms with Gasteiger partial charge in [-0.05, 0) is 24.2 Å². The molecular weight excluding hydrogens is 238 g/mol. The molecule has 2 aromatic rings. The number of imidazole rings is 1. The molecule has 17 heavy (non-hydrogen) atoms. The van der Waals surface area contributed by atoms with Crippen molar-refractivity contribution >= 4 is 17.4 Å². The van der Waals surface area contributed by atoms with Crippen LogP contribution in [0.4, 0.5) is 5.69 Å². The van der Waals surface area contributed by atoms with E-state index in [9.17, 15) is 10.1 Å². The summed E-state index contributed by atoms with van der Waals surface area (Å²) < 4.78 is 0. The first kappa shape index (κ1) is 11.7. The number of nitro benzene ring substituents is 1. The molecule has 0 aliphatic rings. The molecule has 0 unspecified atom stereocenters. The molecule has 6 heteroatoms. The lowest BCUT2D eigenvalue weighted by Crippen LogP contribution is -1.90. The highest BCUT2D eigenvalue weighted by Gasteiger charge is 2.14. The molecule has 0 aliphatic heterocycles. The fraction of sp³-hybridized carbons (Fsp3) is 0.182. The molecule has 0 saturated heterocycles. The van der Waals surface area contributed by atoms with Crippen molar-refractivity contribution in [3.8, 4) is 0 Å². The number of hydrogen-bond acceptors (Lipinski definition) is 4. The van der Waals surface area contributed by atoms with E-state index in [4.69, 9.17) is 0 Å². The maximum absolute atomic E-state index is 10.8. The van der Waals surface area contributed by atoms with E-state index in [2.05, 4.69) is 9.97 Å². The number of aromatic nitrogens is 2. The second kappa shape index (κ2) is 5.01. The molecule has 0 aliphatic carbocycles. The van der Waals surface area contributed by atoms with Crippen molar-refractivity contribution in [1.29, 1.82) is 0 Å². The van der Waals surface area contributed by atoms with Crippen LogP contribution in [0.3, 0.4) is 0 Å². The third-order valence-electron chi connectivity index (χ3n) is 2.25. The zero-order valence-electron chi connectivity index (χ0n) is 9.21. The minimum absolute atomic E-state index is 0.104. The lowest BCUT2D eigenvalue weighted by molar-refractivity contribution is -0.387. The third-order valence-corrected chi connectivity index (χ3v) is 3.22. The van der Waals surface area contributed by atoms with Gasteiger partial charge in [0.15, 0.2) is 5.16 Å². The number of nitro groups is 1. The Morgan fingerprint density at radius 2 is 2.24 bits per heavy atom. The van der Waals surface area contributed by atoms with Crippen molar-refractivity contribution in [1.82, 2.24) is 9.97 Å². The molecule has 0 radical (unpaired) electrons. The van der Waals surface area contributed by atoms with Gasteiger partial charge in [-0.15, -0.1) is 0 Å². The van der Waals surface area contributed by atoms with Crippen molar-refractivity contribution < 1.29 is 4.92 Å². The van der Waals surface area contributed by atoms with Crippen molar-refractivity contribution in [2.45, 2.75) is 23.4 Å². The lowest BCUT2D eigenvalue weighted by Gasteiger charge is -1.99. The second-order valence-corrected chi connectivity index (χ2v) is 4.42. The summed E-state index contributed by atoms with van der Waals surface area (Å²) in [6.07, 6.45) is 2.61. The molecule has 0 saturated carbocycles. The summed E-state index contributed by atoms with van der Waals surface area (Å²) >= 11 is 1.27. The first-order chi connectivity index (χ1) is 8.20. The Morgan fingerprint density at radius 1 is 1.47 bits per heavy atom. The summed E-state index contributed by atoms with van der Waals surface area (Å²) in [5, 5.41) is 11.5. The molecule has 1 heterocycles. The monoisotopic (exact) mass is 249 g/mol. The molecule has 1 aromatic carbocycles. The van der Waals surface area contributed by atoms with Crippen LogP contribution in [-0.4, -0.2) is 14.9 Å². The van der Waals surface area contributed by atoms with Crippen LogP contribution in [0.1, 0.15) is 12.6 Å². The van der Waals surface area contributed by atoms with Gasteiger partial charge in [-0.1, -0.05) is 19.1 Å². The number of aryl methyl sites for hydroxylation is 1. The van der Waals surface area contributed by atoms with E-state index >= 15 is 0 Å². The highest BCUT2D eigenvalue weighted by molar-refractivity contribution is 7.99. The third kappa shape index (κ3) is 2.65. The van der Waals surface area contributed by atoms with Crippen LogP contribution in [0.5, 0.6) is 0 Å². The van der Waals surface area contributed by atoms with Crippen LogP contribution >= 0.6 is 11.8 Å². The molecular formula is C11H11N3O2S. The molecule has 0 amide bonds. The number of H-pyrrole nitrogens is 1. The number of benzene rings is 1. The largest absolute Gasteiger partial charge is 0.337 e. The van der Waals surface area contributed by atoms with Crippen molar-refractivity contribution in [2.75, 3.05) is 0 Å². The predicted octanol–water partition coefficient (Wildman–Crippen LogP) is 3.03. The van der Waals surface area contributed by atoms with Crippen LogP contribution in [0.2, 0.25) is 0 Å². The van der Waals surface area contributed by atoms with Crippen LogP contribution in [-0.2, 0) is 6.42 Å². The van der Waals surface area contributed by atoms with Crippen molar-refractivity contribution in [3.05, 3.63) is 46.3 Å². The highest BCUT2D eigenvalue weighted by Crippen LogP contribution is 2.32. The topological polar surface area (TPSA) is 71.8 Å². The Bertz CT molecular complexity index is 539. The van der Waals surface area contributed by atoms with E-state index < -0.39 is 0 Å². The highest BCUT2D eigenvalue weighted by atomic mass is 32.2. The maximum atomic E-state index is 10.8. The molecule has 88 valence electrons. The summed E-state index contributed by atoms with van der Waals surface area (Å²) in [7, 11) is 0. The predicted molar refractivity (Wildman–Crippen MR) is 65.2 cm³/mol. The van der Waals surface area contributed by atoms with Crippen LogP contribution in [0.25, 0.3) is 0 Å². The molecule has 0 bridgehead atoms. The number of aromatic amines is 1. The lowest BCUT2D eigenvalue weighted by atomic mass is 10.3. The minimum Gasteiger partial charge on any atom is -0.337 e. The number of rotatable bonds is 4. The standard InChI is InChI=1S/C11H11N3O2S/c1-2-8-7-12-11(13-8)17-10-6-4-3-5-9(10)14(15)16/h3-7H,2H2,1H3,(H,12,13). The first-order valence-electron chi connectivity index (χ1n) is 5.16. The van der Waals surface area contributed by atoms with E-state index in [0.29, 0.717) is 10.1 Å². The molecule has 2 rings (SSSR count).